The lowest BCUT2D eigenvalue weighted by molar-refractivity contribution is 0.0952. The molecule has 1 aromatic heterocycles. The summed E-state index contributed by atoms with van der Waals surface area (Å²) in [7, 11) is 3.17. The Morgan fingerprint density at radius 3 is 1.89 bits per heavy atom. The van der Waals surface area contributed by atoms with Crippen LogP contribution in [0.1, 0.15) is 145 Å². The molecular formula is C39H61N3O3. The fraction of sp³-hybridized carbons (Fsp3) is 0.641. The van der Waals surface area contributed by atoms with Crippen molar-refractivity contribution in [3.63, 3.8) is 0 Å². The van der Waals surface area contributed by atoms with E-state index in [1.807, 2.05) is 0 Å². The Morgan fingerprint density at radius 1 is 0.689 bits per heavy atom. The van der Waals surface area contributed by atoms with Crippen LogP contribution in [0.4, 0.5) is 0 Å². The number of rotatable bonds is 26. The summed E-state index contributed by atoms with van der Waals surface area (Å²) < 4.78 is 13.0. The molecule has 0 atom stereocenters. The minimum Gasteiger partial charge on any atom is -0.493 e. The molecule has 0 aliphatic heterocycles. The predicted octanol–water partition coefficient (Wildman–Crippen LogP) is 10.5. The fourth-order valence-electron chi connectivity index (χ4n) is 6.25. The summed E-state index contributed by atoms with van der Waals surface area (Å²) in [5.41, 5.74) is 2.94. The number of aryl methyl sites for hydroxylation is 2. The SMILES string of the molecule is CCCCCCCCCCCCCCCCCCn1c(CCCCCNC(=O)c2ccc(OC)c(OC)c2)nc2ccccc21. The molecule has 0 aliphatic rings. The van der Waals surface area contributed by atoms with Gasteiger partial charge in [-0.2, -0.15) is 0 Å². The standard InChI is InChI=1S/C39H61N3O3/c1-4-5-6-7-8-9-10-11-12-13-14-15-16-17-18-24-31-42-35-26-22-21-25-34(35)41-38(42)27-20-19-23-30-40-39(43)33-28-29-36(44-2)37(32-33)45-3/h21-22,25-26,28-29,32H,4-20,23-24,27,30-31H2,1-3H3,(H,40,43). The highest BCUT2D eigenvalue weighted by atomic mass is 16.5. The number of nitrogens with one attached hydrogen (secondary N) is 1. The average Bonchev–Trinajstić information content (AvgIpc) is 3.42. The molecule has 6 heteroatoms. The quantitative estimate of drug-likeness (QED) is 0.0908. The average molecular weight is 620 g/mol. The Balaban J connectivity index is 1.27. The lowest BCUT2D eigenvalue weighted by atomic mass is 10.0. The number of carbonyl (C=O) groups excluding carboxylic acids is 1. The van der Waals surface area contributed by atoms with E-state index in [1.54, 1.807) is 32.4 Å². The van der Waals surface area contributed by atoms with E-state index in [0.29, 0.717) is 23.6 Å². The molecule has 3 rings (SSSR count). The molecule has 1 N–H and O–H groups in total. The topological polar surface area (TPSA) is 65.4 Å². The number of imidazole rings is 1. The van der Waals surface area contributed by atoms with Crippen LogP contribution < -0.4 is 14.8 Å². The zero-order valence-corrected chi connectivity index (χ0v) is 28.7. The molecule has 250 valence electrons. The van der Waals surface area contributed by atoms with Crippen LogP contribution in [0, 0.1) is 0 Å². The summed E-state index contributed by atoms with van der Waals surface area (Å²) in [6.45, 7) is 4.00. The third-order valence-electron chi connectivity index (χ3n) is 8.98. The normalized spacial score (nSPS) is 11.3. The molecule has 3 aromatic rings. The van der Waals surface area contributed by atoms with Crippen LogP contribution in [0.15, 0.2) is 42.5 Å². The highest BCUT2D eigenvalue weighted by molar-refractivity contribution is 5.94. The largest absolute Gasteiger partial charge is 0.493 e. The molecule has 1 heterocycles. The Bertz CT molecular complexity index is 1220. The van der Waals surface area contributed by atoms with E-state index in [9.17, 15) is 4.79 Å². The molecule has 6 nitrogen and oxygen atoms in total. The molecule has 0 bridgehead atoms. The van der Waals surface area contributed by atoms with E-state index in [1.165, 1.54) is 114 Å². The van der Waals surface area contributed by atoms with Crippen molar-refractivity contribution in [3.05, 3.63) is 53.9 Å². The van der Waals surface area contributed by atoms with Crippen molar-refractivity contribution in [1.29, 1.82) is 0 Å². The van der Waals surface area contributed by atoms with Crippen molar-refractivity contribution < 1.29 is 14.3 Å². The molecule has 1 amide bonds. The number of nitrogens with zero attached hydrogens (tertiary/aromatic N) is 2. The minimum absolute atomic E-state index is 0.0865. The highest BCUT2D eigenvalue weighted by Crippen LogP contribution is 2.27. The highest BCUT2D eigenvalue weighted by Gasteiger charge is 2.12. The number of hydrogen-bond donors (Lipinski definition) is 1. The number of carbonyl (C=O) groups is 1. The predicted molar refractivity (Wildman–Crippen MR) is 189 cm³/mol. The van der Waals surface area contributed by atoms with E-state index in [4.69, 9.17) is 14.5 Å². The maximum absolute atomic E-state index is 12.6. The Morgan fingerprint density at radius 2 is 1.27 bits per heavy atom. The molecule has 0 saturated heterocycles. The number of aromatic nitrogens is 2. The van der Waals surface area contributed by atoms with Gasteiger partial charge in [0.15, 0.2) is 11.5 Å². The van der Waals surface area contributed by atoms with Crippen LogP contribution in [0.5, 0.6) is 11.5 Å². The van der Waals surface area contributed by atoms with Gasteiger partial charge in [-0.3, -0.25) is 4.79 Å². The van der Waals surface area contributed by atoms with Crippen molar-refractivity contribution in [2.45, 2.75) is 142 Å². The van der Waals surface area contributed by atoms with Gasteiger partial charge in [-0.15, -0.1) is 0 Å². The first-order chi connectivity index (χ1) is 22.2. The van der Waals surface area contributed by atoms with Crippen LogP contribution >= 0.6 is 0 Å². The molecule has 45 heavy (non-hydrogen) atoms. The van der Waals surface area contributed by atoms with Gasteiger partial charge in [-0.25, -0.2) is 4.98 Å². The van der Waals surface area contributed by atoms with Crippen LogP contribution in [0.25, 0.3) is 11.0 Å². The molecular weight excluding hydrogens is 558 g/mol. The minimum atomic E-state index is -0.0865. The third-order valence-corrected chi connectivity index (χ3v) is 8.98. The summed E-state index contributed by atoms with van der Waals surface area (Å²) in [5, 5.41) is 3.04. The van der Waals surface area contributed by atoms with Crippen LogP contribution in [-0.4, -0.2) is 36.2 Å². The molecule has 0 saturated carbocycles. The first-order valence-electron chi connectivity index (χ1n) is 18.1. The summed E-state index contributed by atoms with van der Waals surface area (Å²) in [5.74, 6) is 2.30. The molecule has 0 aliphatic carbocycles. The number of ether oxygens (including phenoxy) is 2. The smallest absolute Gasteiger partial charge is 0.251 e. The van der Waals surface area contributed by atoms with Crippen LogP contribution in [0.3, 0.4) is 0 Å². The van der Waals surface area contributed by atoms with Crippen molar-refractivity contribution in [2.75, 3.05) is 20.8 Å². The third kappa shape index (κ3) is 13.5. The number of para-hydroxylation sites is 2. The van der Waals surface area contributed by atoms with Gasteiger partial charge in [0.25, 0.3) is 5.91 Å². The second kappa shape index (κ2) is 22.5. The second-order valence-corrected chi connectivity index (χ2v) is 12.6. The van der Waals surface area contributed by atoms with Gasteiger partial charge in [0.2, 0.25) is 0 Å². The van der Waals surface area contributed by atoms with Gasteiger partial charge in [0.05, 0.1) is 25.3 Å². The first-order valence-corrected chi connectivity index (χ1v) is 18.1. The number of benzene rings is 2. The monoisotopic (exact) mass is 619 g/mol. The Kier molecular flexibility index (Phi) is 18.2. The summed E-state index contributed by atoms with van der Waals surface area (Å²) in [6.07, 6.45) is 26.3. The van der Waals surface area contributed by atoms with Gasteiger partial charge in [-0.1, -0.05) is 122 Å². The molecule has 0 spiro atoms. The van der Waals surface area contributed by atoms with E-state index in [0.717, 1.165) is 37.7 Å². The molecule has 0 unspecified atom stereocenters. The maximum Gasteiger partial charge on any atom is 0.251 e. The zero-order chi connectivity index (χ0) is 32.0. The molecule has 0 fully saturated rings. The van der Waals surface area contributed by atoms with Crippen LogP contribution in [-0.2, 0) is 13.0 Å². The molecule has 2 aromatic carbocycles. The lowest BCUT2D eigenvalue weighted by Gasteiger charge is -2.11. The van der Waals surface area contributed by atoms with Gasteiger partial charge >= 0.3 is 0 Å². The van der Waals surface area contributed by atoms with Crippen LogP contribution in [0.2, 0.25) is 0 Å². The van der Waals surface area contributed by atoms with E-state index >= 15 is 0 Å². The van der Waals surface area contributed by atoms with Gasteiger partial charge in [-0.05, 0) is 49.6 Å². The van der Waals surface area contributed by atoms with Crippen molar-refractivity contribution in [3.8, 4) is 11.5 Å². The van der Waals surface area contributed by atoms with Crippen molar-refractivity contribution in [1.82, 2.24) is 14.9 Å². The molecule has 0 radical (unpaired) electrons. The van der Waals surface area contributed by atoms with Gasteiger partial charge in [0.1, 0.15) is 5.82 Å². The van der Waals surface area contributed by atoms with E-state index < -0.39 is 0 Å². The number of fused-ring (bicyclic) bond motifs is 1. The number of unbranched alkanes of at least 4 members (excludes halogenated alkanes) is 17. The summed E-state index contributed by atoms with van der Waals surface area (Å²) in [4.78, 5) is 17.6. The van der Waals surface area contributed by atoms with Gasteiger partial charge < -0.3 is 19.4 Å². The number of methoxy groups -OCH3 is 2. The number of hydrogen-bond acceptors (Lipinski definition) is 4. The van der Waals surface area contributed by atoms with E-state index in [2.05, 4.69) is 41.1 Å². The first kappa shape index (κ1) is 36.4. The lowest BCUT2D eigenvalue weighted by Crippen LogP contribution is -2.24. The van der Waals surface area contributed by atoms with Crippen molar-refractivity contribution in [2.24, 2.45) is 0 Å². The van der Waals surface area contributed by atoms with Gasteiger partial charge in [0, 0.05) is 25.1 Å². The maximum atomic E-state index is 12.6. The van der Waals surface area contributed by atoms with Crippen molar-refractivity contribution >= 4 is 16.9 Å². The zero-order valence-electron chi connectivity index (χ0n) is 28.7. The summed E-state index contributed by atoms with van der Waals surface area (Å²) in [6, 6.07) is 13.8. The Labute approximate surface area is 273 Å². The summed E-state index contributed by atoms with van der Waals surface area (Å²) >= 11 is 0. The number of amides is 1. The Hall–Kier alpha value is -3.02. The second-order valence-electron chi connectivity index (χ2n) is 12.6. The fourth-order valence-corrected chi connectivity index (χ4v) is 6.25. The van der Waals surface area contributed by atoms with E-state index in [-0.39, 0.29) is 5.91 Å².